The first-order chi connectivity index (χ1) is 15.9. The molecule has 0 bridgehead atoms. The maximum absolute atomic E-state index is 12.8. The Morgan fingerprint density at radius 3 is 1.94 bits per heavy atom. The minimum atomic E-state index is -3.55. The van der Waals surface area contributed by atoms with Crippen molar-refractivity contribution in [2.75, 3.05) is 7.11 Å². The van der Waals surface area contributed by atoms with E-state index < -0.39 is 9.84 Å². The molecule has 4 rings (SSSR count). The molecule has 5 nitrogen and oxygen atoms in total. The maximum atomic E-state index is 12.8. The number of ether oxygens (including phenoxy) is 2. The number of ketones is 1. The van der Waals surface area contributed by atoms with E-state index in [2.05, 4.69) is 0 Å². The van der Waals surface area contributed by atoms with Gasteiger partial charge in [-0.05, 0) is 79.7 Å². The topological polar surface area (TPSA) is 69.7 Å². The van der Waals surface area contributed by atoms with Crippen LogP contribution in [-0.2, 0) is 9.84 Å². The molecule has 168 valence electrons. The molecule has 0 radical (unpaired) electrons. The van der Waals surface area contributed by atoms with Gasteiger partial charge in [0.25, 0.3) is 0 Å². The molecule has 3 aromatic rings. The number of hydrogen-bond acceptors (Lipinski definition) is 5. The van der Waals surface area contributed by atoms with Crippen LogP contribution in [0.4, 0.5) is 0 Å². The number of aryl methyl sites for hydroxylation is 1. The molecule has 0 aromatic heterocycles. The minimum absolute atomic E-state index is 0.0874. The van der Waals surface area contributed by atoms with Crippen molar-refractivity contribution in [1.29, 1.82) is 0 Å². The Kier molecular flexibility index (Phi) is 6.47. The first kappa shape index (κ1) is 22.6. The van der Waals surface area contributed by atoms with Crippen LogP contribution < -0.4 is 9.47 Å². The van der Waals surface area contributed by atoms with Crippen molar-refractivity contribution >= 4 is 15.6 Å². The first-order valence-electron chi connectivity index (χ1n) is 10.5. The number of allylic oxidation sites excluding steroid dienone is 1. The summed E-state index contributed by atoms with van der Waals surface area (Å²) in [4.78, 5) is 13.2. The van der Waals surface area contributed by atoms with Gasteiger partial charge in [-0.15, -0.1) is 0 Å². The number of hydrogen-bond donors (Lipinski definition) is 0. The SMILES string of the molecule is COc1ccc(C(=O)c2ccc(OC3C=CC(S(=O)(=O)c4ccc(C)cc4)=CC3)cc2)cc1. The molecular weight excluding hydrogens is 436 g/mol. The fourth-order valence-electron chi connectivity index (χ4n) is 3.49. The van der Waals surface area contributed by atoms with E-state index >= 15 is 0 Å². The highest BCUT2D eigenvalue weighted by atomic mass is 32.2. The van der Waals surface area contributed by atoms with E-state index in [1.165, 1.54) is 0 Å². The first-order valence-corrected chi connectivity index (χ1v) is 12.0. The zero-order valence-corrected chi connectivity index (χ0v) is 19.2. The summed E-state index contributed by atoms with van der Waals surface area (Å²) in [6, 6.07) is 20.7. The molecule has 0 saturated heterocycles. The summed E-state index contributed by atoms with van der Waals surface area (Å²) in [5.41, 5.74) is 2.14. The number of carbonyl (C=O) groups is 1. The van der Waals surface area contributed by atoms with Crippen LogP contribution in [0.1, 0.15) is 27.9 Å². The van der Waals surface area contributed by atoms with E-state index in [9.17, 15) is 13.2 Å². The molecule has 0 amide bonds. The van der Waals surface area contributed by atoms with Crippen molar-refractivity contribution in [2.45, 2.75) is 24.3 Å². The van der Waals surface area contributed by atoms with E-state index in [1.807, 2.05) is 6.92 Å². The third kappa shape index (κ3) is 5.07. The smallest absolute Gasteiger partial charge is 0.206 e. The second kappa shape index (κ2) is 9.46. The summed E-state index contributed by atoms with van der Waals surface area (Å²) in [7, 11) is -1.97. The highest BCUT2D eigenvalue weighted by Crippen LogP contribution is 2.26. The summed E-state index contributed by atoms with van der Waals surface area (Å²) < 4.78 is 36.7. The van der Waals surface area contributed by atoms with Gasteiger partial charge in [-0.25, -0.2) is 8.42 Å². The standard InChI is InChI=1S/C27H24O5S/c1-19-3-15-25(16-4-19)33(29,30)26-17-13-24(14-18-26)32-23-11-7-21(8-12-23)27(28)20-5-9-22(31-2)10-6-20/h3-13,15-18,24H,14H2,1-2H3. The van der Waals surface area contributed by atoms with Gasteiger partial charge in [0, 0.05) is 17.5 Å². The molecule has 0 saturated carbocycles. The Hall–Kier alpha value is -3.64. The highest BCUT2D eigenvalue weighted by Gasteiger charge is 2.22. The fraction of sp³-hybridized carbons (Fsp3) is 0.148. The molecule has 33 heavy (non-hydrogen) atoms. The van der Waals surface area contributed by atoms with Crippen LogP contribution in [-0.4, -0.2) is 27.4 Å². The lowest BCUT2D eigenvalue weighted by Gasteiger charge is -2.18. The minimum Gasteiger partial charge on any atom is -0.497 e. The normalized spacial score (nSPS) is 15.6. The van der Waals surface area contributed by atoms with Crippen molar-refractivity contribution in [3.63, 3.8) is 0 Å². The van der Waals surface area contributed by atoms with Crippen LogP contribution in [0.5, 0.6) is 11.5 Å². The van der Waals surface area contributed by atoms with E-state index in [-0.39, 0.29) is 21.7 Å². The number of sulfone groups is 1. The van der Waals surface area contributed by atoms with Crippen LogP contribution in [0.25, 0.3) is 0 Å². The van der Waals surface area contributed by atoms with Crippen molar-refractivity contribution in [3.05, 3.63) is 113 Å². The quantitative estimate of drug-likeness (QED) is 0.448. The van der Waals surface area contributed by atoms with Crippen molar-refractivity contribution in [1.82, 2.24) is 0 Å². The van der Waals surface area contributed by atoms with E-state index in [1.54, 1.807) is 98.1 Å². The lowest BCUT2D eigenvalue weighted by molar-refractivity contribution is 0.103. The van der Waals surface area contributed by atoms with Gasteiger partial charge >= 0.3 is 0 Å². The largest absolute Gasteiger partial charge is 0.497 e. The molecule has 6 heteroatoms. The molecule has 0 aliphatic heterocycles. The molecule has 0 N–H and O–H groups in total. The molecule has 0 spiro atoms. The van der Waals surface area contributed by atoms with E-state index in [0.29, 0.717) is 29.0 Å². The molecule has 1 aliphatic rings. The Labute approximate surface area is 193 Å². The van der Waals surface area contributed by atoms with Gasteiger partial charge in [0.1, 0.15) is 17.6 Å². The predicted molar refractivity (Wildman–Crippen MR) is 127 cm³/mol. The zero-order chi connectivity index (χ0) is 23.4. The van der Waals surface area contributed by atoms with Gasteiger partial charge in [0.15, 0.2) is 5.78 Å². The van der Waals surface area contributed by atoms with E-state index in [0.717, 1.165) is 5.56 Å². The summed E-state index contributed by atoms with van der Waals surface area (Å²) in [5.74, 6) is 1.21. The molecule has 1 unspecified atom stereocenters. The van der Waals surface area contributed by atoms with Gasteiger partial charge in [0.2, 0.25) is 9.84 Å². The van der Waals surface area contributed by atoms with Gasteiger partial charge in [-0.3, -0.25) is 4.79 Å². The lowest BCUT2D eigenvalue weighted by Crippen LogP contribution is -2.17. The van der Waals surface area contributed by atoms with Crippen LogP contribution in [0.3, 0.4) is 0 Å². The third-order valence-corrected chi connectivity index (χ3v) is 7.24. The number of benzene rings is 3. The van der Waals surface area contributed by atoms with E-state index in [4.69, 9.17) is 9.47 Å². The Bertz CT molecular complexity index is 1300. The Morgan fingerprint density at radius 2 is 1.42 bits per heavy atom. The summed E-state index contributed by atoms with van der Waals surface area (Å²) in [6.07, 6.45) is 5.16. The maximum Gasteiger partial charge on any atom is 0.206 e. The number of carbonyl (C=O) groups excluding carboxylic acids is 1. The molecule has 1 atom stereocenters. The van der Waals surface area contributed by atoms with Crippen molar-refractivity contribution in [3.8, 4) is 11.5 Å². The van der Waals surface area contributed by atoms with Gasteiger partial charge < -0.3 is 9.47 Å². The van der Waals surface area contributed by atoms with Crippen molar-refractivity contribution < 1.29 is 22.7 Å². The van der Waals surface area contributed by atoms with Crippen molar-refractivity contribution in [2.24, 2.45) is 0 Å². The third-order valence-electron chi connectivity index (χ3n) is 5.42. The average Bonchev–Trinajstić information content (AvgIpc) is 2.85. The van der Waals surface area contributed by atoms with Crippen LogP contribution in [0.15, 0.2) is 101 Å². The molecular formula is C27H24O5S. The zero-order valence-electron chi connectivity index (χ0n) is 18.4. The van der Waals surface area contributed by atoms with Gasteiger partial charge in [-0.1, -0.05) is 23.8 Å². The number of rotatable bonds is 7. The van der Waals surface area contributed by atoms with Crippen LogP contribution in [0.2, 0.25) is 0 Å². The fourth-order valence-corrected chi connectivity index (χ4v) is 4.83. The monoisotopic (exact) mass is 460 g/mol. The van der Waals surface area contributed by atoms with Gasteiger partial charge in [-0.2, -0.15) is 0 Å². The van der Waals surface area contributed by atoms with Gasteiger partial charge in [0.05, 0.1) is 16.9 Å². The Balaban J connectivity index is 1.39. The van der Waals surface area contributed by atoms with Crippen LogP contribution in [0, 0.1) is 6.92 Å². The summed E-state index contributed by atoms with van der Waals surface area (Å²) in [5, 5.41) is 0. The summed E-state index contributed by atoms with van der Waals surface area (Å²) in [6.45, 7) is 1.92. The average molecular weight is 461 g/mol. The van der Waals surface area contributed by atoms with Crippen LogP contribution >= 0.6 is 0 Å². The second-order valence-corrected chi connectivity index (χ2v) is 9.71. The molecule has 1 aliphatic carbocycles. The predicted octanol–water partition coefficient (Wildman–Crippen LogP) is 5.30. The second-order valence-electron chi connectivity index (χ2n) is 7.76. The molecule has 0 fully saturated rings. The highest BCUT2D eigenvalue weighted by molar-refractivity contribution is 7.95. The lowest BCUT2D eigenvalue weighted by atomic mass is 10.0. The Morgan fingerprint density at radius 1 is 0.848 bits per heavy atom. The summed E-state index contributed by atoms with van der Waals surface area (Å²) >= 11 is 0. The molecule has 0 heterocycles. The molecule has 3 aromatic carbocycles. The number of methoxy groups -OCH3 is 1.